The summed E-state index contributed by atoms with van der Waals surface area (Å²) in [5.74, 6) is 0.292. The van der Waals surface area contributed by atoms with Crippen molar-refractivity contribution in [1.82, 2.24) is 10.7 Å². The third-order valence-corrected chi connectivity index (χ3v) is 3.54. The molecule has 0 aliphatic rings. The highest BCUT2D eigenvalue weighted by Gasteiger charge is 2.09. The lowest BCUT2D eigenvalue weighted by molar-refractivity contribution is -0.120. The number of benzene rings is 1. The number of carbonyl (C=O) groups is 2. The molecular weight excluding hydrogens is 358 g/mol. The molecule has 0 aliphatic heterocycles. The second-order valence-corrected chi connectivity index (χ2v) is 5.60. The minimum absolute atomic E-state index is 0.131. The van der Waals surface area contributed by atoms with E-state index in [-0.39, 0.29) is 12.3 Å². The first-order chi connectivity index (χ1) is 12.6. The molecule has 0 spiro atoms. The summed E-state index contributed by atoms with van der Waals surface area (Å²) in [4.78, 5) is 23.3. The van der Waals surface area contributed by atoms with Crippen LogP contribution in [0.1, 0.15) is 16.3 Å². The second-order valence-electron chi connectivity index (χ2n) is 5.16. The maximum atomic E-state index is 11.7. The molecule has 26 heavy (non-hydrogen) atoms. The number of rotatable bonds is 6. The first kappa shape index (κ1) is 17.5. The van der Waals surface area contributed by atoms with Crippen LogP contribution < -0.4 is 10.7 Å². The van der Waals surface area contributed by atoms with Crippen LogP contribution in [0, 0.1) is 0 Å². The van der Waals surface area contributed by atoms with Crippen LogP contribution in [-0.4, -0.2) is 24.6 Å². The average molecular weight is 372 g/mol. The highest BCUT2D eigenvalue weighted by molar-refractivity contribution is 6.30. The van der Waals surface area contributed by atoms with Crippen LogP contribution in [0.25, 0.3) is 11.3 Å². The Balaban J connectivity index is 1.48. The molecule has 2 N–H and O–H groups in total. The average Bonchev–Trinajstić information content (AvgIpc) is 3.32. The molecule has 0 bridgehead atoms. The Kier molecular flexibility index (Phi) is 5.50. The highest BCUT2D eigenvalue weighted by atomic mass is 35.5. The third kappa shape index (κ3) is 4.61. The Labute approximate surface area is 153 Å². The molecule has 3 rings (SSSR count). The number of hydrogen-bond donors (Lipinski definition) is 2. The summed E-state index contributed by atoms with van der Waals surface area (Å²) >= 11 is 5.85. The Morgan fingerprint density at radius 1 is 1.12 bits per heavy atom. The van der Waals surface area contributed by atoms with Crippen LogP contribution in [0.3, 0.4) is 0 Å². The van der Waals surface area contributed by atoms with Crippen LogP contribution >= 0.6 is 11.6 Å². The van der Waals surface area contributed by atoms with Gasteiger partial charge < -0.3 is 14.2 Å². The lowest BCUT2D eigenvalue weighted by atomic mass is 10.2. The van der Waals surface area contributed by atoms with E-state index in [9.17, 15) is 9.59 Å². The first-order valence-corrected chi connectivity index (χ1v) is 7.99. The van der Waals surface area contributed by atoms with Gasteiger partial charge in [-0.05, 0) is 48.5 Å². The van der Waals surface area contributed by atoms with Crippen molar-refractivity contribution >= 4 is 29.6 Å². The molecule has 2 amide bonds. The quantitative estimate of drug-likeness (QED) is 0.514. The van der Waals surface area contributed by atoms with Crippen LogP contribution in [0.2, 0.25) is 5.02 Å². The standard InChI is InChI=1S/C18H14ClN3O4/c19-13-5-3-12(4-6-13)15-8-7-14(26-15)10-21-22-17(23)11-20-18(24)16-2-1-9-25-16/h1-10H,11H2,(H,20,24)(H,22,23). The van der Waals surface area contributed by atoms with E-state index in [1.165, 1.54) is 18.5 Å². The van der Waals surface area contributed by atoms with Gasteiger partial charge in [0.1, 0.15) is 11.5 Å². The zero-order valence-corrected chi connectivity index (χ0v) is 14.2. The summed E-state index contributed by atoms with van der Waals surface area (Å²) in [5.41, 5.74) is 3.17. The van der Waals surface area contributed by atoms with E-state index >= 15 is 0 Å². The molecule has 0 saturated carbocycles. The summed E-state index contributed by atoms with van der Waals surface area (Å²) in [5, 5.41) is 6.84. The zero-order chi connectivity index (χ0) is 18.4. The topological polar surface area (TPSA) is 96.8 Å². The minimum atomic E-state index is -0.481. The van der Waals surface area contributed by atoms with Gasteiger partial charge in [0, 0.05) is 10.6 Å². The highest BCUT2D eigenvalue weighted by Crippen LogP contribution is 2.23. The maximum absolute atomic E-state index is 11.7. The van der Waals surface area contributed by atoms with Gasteiger partial charge in [0.15, 0.2) is 5.76 Å². The first-order valence-electron chi connectivity index (χ1n) is 7.61. The van der Waals surface area contributed by atoms with Gasteiger partial charge in [-0.2, -0.15) is 5.10 Å². The van der Waals surface area contributed by atoms with Gasteiger partial charge in [-0.25, -0.2) is 5.43 Å². The van der Waals surface area contributed by atoms with E-state index < -0.39 is 11.8 Å². The number of furan rings is 2. The van der Waals surface area contributed by atoms with Gasteiger partial charge in [-0.15, -0.1) is 0 Å². The fourth-order valence-electron chi connectivity index (χ4n) is 2.05. The van der Waals surface area contributed by atoms with Gasteiger partial charge in [-0.1, -0.05) is 11.6 Å². The molecular formula is C18H14ClN3O4. The number of halogens is 1. The molecule has 132 valence electrons. The van der Waals surface area contributed by atoms with E-state index in [0.29, 0.717) is 16.5 Å². The number of hydrogen-bond acceptors (Lipinski definition) is 5. The fourth-order valence-corrected chi connectivity index (χ4v) is 2.18. The van der Waals surface area contributed by atoms with Gasteiger partial charge in [0.2, 0.25) is 0 Å². The summed E-state index contributed by atoms with van der Waals surface area (Å²) in [6.07, 6.45) is 2.74. The molecule has 0 unspecified atom stereocenters. The van der Waals surface area contributed by atoms with Crippen molar-refractivity contribution in [2.24, 2.45) is 5.10 Å². The van der Waals surface area contributed by atoms with Crippen molar-refractivity contribution in [3.8, 4) is 11.3 Å². The Morgan fingerprint density at radius 3 is 2.65 bits per heavy atom. The van der Waals surface area contributed by atoms with Crippen LogP contribution in [0.4, 0.5) is 0 Å². The van der Waals surface area contributed by atoms with Crippen molar-refractivity contribution in [3.63, 3.8) is 0 Å². The summed E-state index contributed by atoms with van der Waals surface area (Å²) in [6.45, 7) is -0.231. The Morgan fingerprint density at radius 2 is 1.92 bits per heavy atom. The van der Waals surface area contributed by atoms with E-state index in [1.807, 2.05) is 12.1 Å². The van der Waals surface area contributed by atoms with Crippen LogP contribution in [0.5, 0.6) is 0 Å². The zero-order valence-electron chi connectivity index (χ0n) is 13.4. The Bertz CT molecular complexity index is 914. The number of nitrogens with zero attached hydrogens (tertiary/aromatic N) is 1. The SMILES string of the molecule is O=C(CNC(=O)c1ccco1)NN=Cc1ccc(-c2ccc(Cl)cc2)o1. The van der Waals surface area contributed by atoms with Gasteiger partial charge >= 0.3 is 0 Å². The molecule has 0 atom stereocenters. The largest absolute Gasteiger partial charge is 0.459 e. The van der Waals surface area contributed by atoms with Crippen LogP contribution in [-0.2, 0) is 4.79 Å². The second kappa shape index (κ2) is 8.17. The number of carbonyl (C=O) groups excluding carboxylic acids is 2. The summed E-state index contributed by atoms with van der Waals surface area (Å²) in [6, 6.07) is 13.8. The molecule has 2 heterocycles. The smallest absolute Gasteiger partial charge is 0.287 e. The van der Waals surface area contributed by atoms with Crippen molar-refractivity contribution in [1.29, 1.82) is 0 Å². The lowest BCUT2D eigenvalue weighted by Crippen LogP contribution is -2.34. The van der Waals surface area contributed by atoms with E-state index in [2.05, 4.69) is 15.8 Å². The molecule has 3 aromatic rings. The van der Waals surface area contributed by atoms with E-state index in [1.54, 1.807) is 30.3 Å². The Hall–Kier alpha value is -3.32. The molecule has 2 aromatic heterocycles. The van der Waals surface area contributed by atoms with Crippen molar-refractivity contribution in [2.45, 2.75) is 0 Å². The van der Waals surface area contributed by atoms with Gasteiger partial charge in [-0.3, -0.25) is 9.59 Å². The van der Waals surface area contributed by atoms with Crippen molar-refractivity contribution < 1.29 is 18.4 Å². The molecule has 7 nitrogen and oxygen atoms in total. The predicted molar refractivity (Wildman–Crippen MR) is 95.9 cm³/mol. The van der Waals surface area contributed by atoms with Gasteiger partial charge in [0.25, 0.3) is 11.8 Å². The maximum Gasteiger partial charge on any atom is 0.287 e. The fraction of sp³-hybridized carbons (Fsp3) is 0.0556. The van der Waals surface area contributed by atoms with Crippen molar-refractivity contribution in [2.75, 3.05) is 6.54 Å². The molecule has 8 heteroatoms. The summed E-state index contributed by atoms with van der Waals surface area (Å²) < 4.78 is 10.5. The third-order valence-electron chi connectivity index (χ3n) is 3.29. The van der Waals surface area contributed by atoms with E-state index in [4.69, 9.17) is 20.4 Å². The number of hydrazone groups is 1. The molecule has 0 aliphatic carbocycles. The molecule has 1 aromatic carbocycles. The number of amides is 2. The molecule has 0 fully saturated rings. The molecule has 0 saturated heterocycles. The van der Waals surface area contributed by atoms with Crippen LogP contribution in [0.15, 0.2) is 68.7 Å². The predicted octanol–water partition coefficient (Wildman–Crippen LogP) is 3.07. The number of nitrogens with one attached hydrogen (secondary N) is 2. The van der Waals surface area contributed by atoms with Gasteiger partial charge in [0.05, 0.1) is 19.0 Å². The summed E-state index contributed by atoms with van der Waals surface area (Å²) in [7, 11) is 0. The monoisotopic (exact) mass is 371 g/mol. The minimum Gasteiger partial charge on any atom is -0.459 e. The van der Waals surface area contributed by atoms with Crippen molar-refractivity contribution in [3.05, 3.63) is 71.3 Å². The molecule has 0 radical (unpaired) electrons. The normalized spacial score (nSPS) is 10.8. The van der Waals surface area contributed by atoms with E-state index in [0.717, 1.165) is 5.56 Å². The lowest BCUT2D eigenvalue weighted by Gasteiger charge is -2.01.